The van der Waals surface area contributed by atoms with Gasteiger partial charge in [0.25, 0.3) is 0 Å². The molecule has 1 saturated heterocycles. The molecule has 1 fully saturated rings. The molecule has 2 aromatic carbocycles. The first-order chi connectivity index (χ1) is 14.2. The highest BCUT2D eigenvalue weighted by Gasteiger charge is 2.40. The first-order valence-electron chi connectivity index (χ1n) is 9.28. The number of carbonyl (C=O) groups is 1. The fraction of sp³-hybridized carbons (Fsp3) is 0.286. The van der Waals surface area contributed by atoms with Gasteiger partial charge in [0.15, 0.2) is 5.54 Å². The normalized spacial score (nSPS) is 16.9. The van der Waals surface area contributed by atoms with Crippen molar-refractivity contribution < 1.29 is 22.7 Å². The van der Waals surface area contributed by atoms with Gasteiger partial charge in [-0.1, -0.05) is 30.0 Å². The maximum absolute atomic E-state index is 13.1. The van der Waals surface area contributed by atoms with Gasteiger partial charge >= 0.3 is 5.97 Å². The Kier molecular flexibility index (Phi) is 6.41. The summed E-state index contributed by atoms with van der Waals surface area (Å²) in [5.74, 6) is 2.40. The quantitative estimate of drug-likeness (QED) is 0.688. The van der Waals surface area contributed by atoms with Crippen molar-refractivity contribution in [2.45, 2.75) is 5.54 Å². The highest BCUT2D eigenvalue weighted by atomic mass is 32.2. The fourth-order valence-corrected chi connectivity index (χ4v) is 4.79. The van der Waals surface area contributed by atoms with Crippen molar-refractivity contribution in [3.05, 3.63) is 66.0 Å². The number of rotatable bonds is 5. The van der Waals surface area contributed by atoms with Crippen molar-refractivity contribution >= 4 is 21.7 Å². The lowest BCUT2D eigenvalue weighted by atomic mass is 10.0. The van der Waals surface area contributed by atoms with E-state index < -0.39 is 27.3 Å². The van der Waals surface area contributed by atoms with Gasteiger partial charge in [-0.25, -0.2) is 17.6 Å². The van der Waals surface area contributed by atoms with Crippen LogP contribution in [-0.4, -0.2) is 61.3 Å². The van der Waals surface area contributed by atoms with Crippen molar-refractivity contribution in [1.29, 1.82) is 0 Å². The summed E-state index contributed by atoms with van der Waals surface area (Å²) in [6, 6.07) is 14.6. The van der Waals surface area contributed by atoms with E-state index in [4.69, 9.17) is 5.73 Å². The van der Waals surface area contributed by atoms with E-state index in [0.29, 0.717) is 18.7 Å². The zero-order valence-electron chi connectivity index (χ0n) is 16.2. The Bertz CT molecular complexity index is 1060. The number of aliphatic carboxylic acids is 1. The summed E-state index contributed by atoms with van der Waals surface area (Å²) in [4.78, 5) is 13.7. The SMILES string of the molecule is NC(C#Cc1ccccc1)(CS(=O)(=O)N1CCN(c2ccc(F)cc2)CC1)C(=O)O. The van der Waals surface area contributed by atoms with Crippen LogP contribution < -0.4 is 10.6 Å². The number of carboxylic acid groups (broad SMARTS) is 1. The van der Waals surface area contributed by atoms with Crippen LogP contribution in [0.2, 0.25) is 0 Å². The molecule has 0 radical (unpaired) electrons. The van der Waals surface area contributed by atoms with Crippen molar-refractivity contribution in [1.82, 2.24) is 4.31 Å². The molecule has 3 rings (SSSR count). The minimum atomic E-state index is -3.96. The molecule has 0 saturated carbocycles. The van der Waals surface area contributed by atoms with Crippen LogP contribution in [0.1, 0.15) is 5.56 Å². The second kappa shape index (κ2) is 8.83. The minimum absolute atomic E-state index is 0.168. The summed E-state index contributed by atoms with van der Waals surface area (Å²) < 4.78 is 40.0. The van der Waals surface area contributed by atoms with Crippen molar-refractivity contribution in [3.8, 4) is 11.8 Å². The highest BCUT2D eigenvalue weighted by Crippen LogP contribution is 2.19. The number of carboxylic acids is 1. The van der Waals surface area contributed by atoms with E-state index in [0.717, 1.165) is 5.69 Å². The van der Waals surface area contributed by atoms with Crippen LogP contribution in [0.25, 0.3) is 0 Å². The molecule has 1 atom stereocenters. The summed E-state index contributed by atoms with van der Waals surface area (Å²) in [5.41, 5.74) is 4.99. The number of nitrogens with zero attached hydrogens (tertiary/aromatic N) is 2. The molecule has 7 nitrogen and oxygen atoms in total. The first-order valence-corrected chi connectivity index (χ1v) is 10.9. The van der Waals surface area contributed by atoms with Crippen LogP contribution in [0.3, 0.4) is 0 Å². The largest absolute Gasteiger partial charge is 0.479 e. The van der Waals surface area contributed by atoms with E-state index in [1.165, 1.54) is 16.4 Å². The van der Waals surface area contributed by atoms with Gasteiger partial charge in [-0.05, 0) is 36.4 Å². The Labute approximate surface area is 175 Å². The van der Waals surface area contributed by atoms with E-state index >= 15 is 0 Å². The molecule has 0 spiro atoms. The zero-order chi connectivity index (χ0) is 21.8. The van der Waals surface area contributed by atoms with E-state index in [9.17, 15) is 22.7 Å². The Balaban J connectivity index is 1.71. The van der Waals surface area contributed by atoms with Gasteiger partial charge in [-0.3, -0.25) is 0 Å². The second-order valence-electron chi connectivity index (χ2n) is 7.01. The molecule has 1 aliphatic rings. The number of anilines is 1. The molecule has 0 bridgehead atoms. The number of piperazine rings is 1. The number of sulfonamides is 1. The molecule has 1 aliphatic heterocycles. The molecule has 1 heterocycles. The molecule has 0 aromatic heterocycles. The Hall–Kier alpha value is -2.93. The molecule has 158 valence electrons. The Morgan fingerprint density at radius 2 is 1.67 bits per heavy atom. The van der Waals surface area contributed by atoms with E-state index in [2.05, 4.69) is 11.8 Å². The predicted octanol–water partition coefficient (Wildman–Crippen LogP) is 1.11. The molecular weight excluding hydrogens is 409 g/mol. The van der Waals surface area contributed by atoms with Crippen molar-refractivity contribution in [2.24, 2.45) is 5.73 Å². The third-order valence-corrected chi connectivity index (χ3v) is 6.79. The number of hydrogen-bond acceptors (Lipinski definition) is 5. The second-order valence-corrected chi connectivity index (χ2v) is 8.98. The lowest BCUT2D eigenvalue weighted by molar-refractivity contribution is -0.140. The third kappa shape index (κ3) is 5.16. The molecular formula is C21H22FN3O4S. The molecule has 1 unspecified atom stereocenters. The molecule has 9 heteroatoms. The number of benzene rings is 2. The fourth-order valence-electron chi connectivity index (χ4n) is 3.11. The van der Waals surface area contributed by atoms with Gasteiger partial charge < -0.3 is 15.7 Å². The van der Waals surface area contributed by atoms with E-state index in [-0.39, 0.29) is 18.9 Å². The highest BCUT2D eigenvalue weighted by molar-refractivity contribution is 7.89. The summed E-state index contributed by atoms with van der Waals surface area (Å²) in [5, 5.41) is 9.54. The summed E-state index contributed by atoms with van der Waals surface area (Å²) >= 11 is 0. The number of halogens is 1. The lowest BCUT2D eigenvalue weighted by Gasteiger charge is -2.36. The van der Waals surface area contributed by atoms with Crippen LogP contribution in [0.4, 0.5) is 10.1 Å². The summed E-state index contributed by atoms with van der Waals surface area (Å²) in [6.45, 7) is 1.12. The maximum Gasteiger partial charge on any atom is 0.337 e. The molecule has 3 N–H and O–H groups in total. The van der Waals surface area contributed by atoms with Crippen molar-refractivity contribution in [2.75, 3.05) is 36.8 Å². The van der Waals surface area contributed by atoms with E-state index in [1.54, 1.807) is 42.5 Å². The average Bonchev–Trinajstić information content (AvgIpc) is 2.73. The number of nitrogens with two attached hydrogens (primary N) is 1. The third-order valence-electron chi connectivity index (χ3n) is 4.82. The first kappa shape index (κ1) is 21.8. The van der Waals surface area contributed by atoms with Crippen LogP contribution in [-0.2, 0) is 14.8 Å². The Morgan fingerprint density at radius 1 is 1.07 bits per heavy atom. The van der Waals surface area contributed by atoms with Crippen LogP contribution >= 0.6 is 0 Å². The van der Waals surface area contributed by atoms with Crippen LogP contribution in [0.15, 0.2) is 54.6 Å². The van der Waals surface area contributed by atoms with Gasteiger partial charge in [0.05, 0.1) is 0 Å². The van der Waals surface area contributed by atoms with Gasteiger partial charge in [0.1, 0.15) is 11.6 Å². The number of hydrogen-bond donors (Lipinski definition) is 2. The molecule has 0 aliphatic carbocycles. The van der Waals surface area contributed by atoms with Gasteiger partial charge in [0, 0.05) is 37.4 Å². The molecule has 2 aromatic rings. The smallest absolute Gasteiger partial charge is 0.337 e. The summed E-state index contributed by atoms with van der Waals surface area (Å²) in [7, 11) is -3.96. The zero-order valence-corrected chi connectivity index (χ0v) is 17.0. The Morgan fingerprint density at radius 3 is 2.23 bits per heavy atom. The van der Waals surface area contributed by atoms with Gasteiger partial charge in [-0.15, -0.1) is 0 Å². The van der Waals surface area contributed by atoms with Crippen molar-refractivity contribution in [3.63, 3.8) is 0 Å². The van der Waals surface area contributed by atoms with E-state index in [1.807, 2.05) is 4.90 Å². The summed E-state index contributed by atoms with van der Waals surface area (Å²) in [6.07, 6.45) is 0. The minimum Gasteiger partial charge on any atom is -0.479 e. The van der Waals surface area contributed by atoms with Gasteiger partial charge in [-0.2, -0.15) is 4.31 Å². The monoisotopic (exact) mass is 431 g/mol. The maximum atomic E-state index is 13.1. The molecule has 30 heavy (non-hydrogen) atoms. The topological polar surface area (TPSA) is 104 Å². The lowest BCUT2D eigenvalue weighted by Crippen LogP contribution is -2.57. The average molecular weight is 431 g/mol. The van der Waals surface area contributed by atoms with Crippen LogP contribution in [0, 0.1) is 17.7 Å². The molecule has 0 amide bonds. The van der Waals surface area contributed by atoms with Crippen LogP contribution in [0.5, 0.6) is 0 Å². The van der Waals surface area contributed by atoms with Gasteiger partial charge in [0.2, 0.25) is 10.0 Å². The standard InChI is InChI=1S/C21H22FN3O4S/c22-18-6-8-19(9-7-18)24-12-14-25(15-13-24)30(28,29)16-21(23,20(26)27)11-10-17-4-2-1-3-5-17/h1-9H,12-16,23H2,(H,26,27). The predicted molar refractivity (Wildman–Crippen MR) is 112 cm³/mol.